The molecule has 0 unspecified atom stereocenters. The molecule has 2 aliphatic rings. The van der Waals surface area contributed by atoms with Crippen LogP contribution in [0.1, 0.15) is 44.8 Å². The number of nitrogens with zero attached hydrogens (tertiary/aromatic N) is 3. The molecule has 0 radical (unpaired) electrons. The van der Waals surface area contributed by atoms with Crippen molar-refractivity contribution in [3.8, 4) is 0 Å². The smallest absolute Gasteiger partial charge is 0.333 e. The zero-order valence-corrected chi connectivity index (χ0v) is 22.0. The summed E-state index contributed by atoms with van der Waals surface area (Å²) in [4.78, 5) is 24.7. The molecule has 37 heavy (non-hydrogen) atoms. The molecule has 2 aromatic heterocycles. The van der Waals surface area contributed by atoms with Gasteiger partial charge in [0.15, 0.2) is 0 Å². The van der Waals surface area contributed by atoms with E-state index in [2.05, 4.69) is 49.5 Å². The Hall–Kier alpha value is -2.90. The van der Waals surface area contributed by atoms with Crippen molar-refractivity contribution in [3.05, 3.63) is 69.3 Å². The van der Waals surface area contributed by atoms with Crippen LogP contribution >= 0.6 is 11.3 Å². The molecule has 3 atom stereocenters. The zero-order chi connectivity index (χ0) is 26.2. The van der Waals surface area contributed by atoms with Gasteiger partial charge in [0.05, 0.1) is 23.2 Å². The Kier molecular flexibility index (Phi) is 7.28. The molecule has 0 spiro atoms. The number of nitrogens with one attached hydrogen (secondary N) is 1. The van der Waals surface area contributed by atoms with E-state index in [0.29, 0.717) is 29.1 Å². The topological polar surface area (TPSA) is 148 Å². The van der Waals surface area contributed by atoms with Gasteiger partial charge < -0.3 is 15.3 Å². The van der Waals surface area contributed by atoms with E-state index in [9.17, 15) is 18.3 Å². The number of aliphatic hydroxyl groups excluding tert-OH is 1. The number of hydrogen-bond acceptors (Lipinski definition) is 10. The summed E-state index contributed by atoms with van der Waals surface area (Å²) >= 11 is 1.40. The Balaban J connectivity index is 1.26. The number of aliphatic hydroxyl groups is 1. The zero-order valence-electron chi connectivity index (χ0n) is 20.3. The van der Waals surface area contributed by atoms with E-state index in [-0.39, 0.29) is 18.4 Å². The van der Waals surface area contributed by atoms with Gasteiger partial charge in [-0.3, -0.25) is 8.98 Å². The molecule has 1 fully saturated rings. The highest BCUT2D eigenvalue weighted by Crippen LogP contribution is 2.32. The minimum atomic E-state index is -4.08. The molecule has 196 valence electrons. The maximum atomic E-state index is 13.4. The van der Waals surface area contributed by atoms with Crippen LogP contribution in [0.25, 0.3) is 0 Å². The van der Waals surface area contributed by atoms with Gasteiger partial charge in [0, 0.05) is 36.9 Å². The highest BCUT2D eigenvalue weighted by Gasteiger charge is 2.35. The van der Waals surface area contributed by atoms with Crippen LogP contribution in [0, 0.1) is 12.8 Å². The van der Waals surface area contributed by atoms with Gasteiger partial charge >= 0.3 is 10.3 Å². The normalized spacial score (nSPS) is 21.3. The lowest BCUT2D eigenvalue weighted by Crippen LogP contribution is -2.24. The third-order valence-electron chi connectivity index (χ3n) is 6.89. The number of fused-ring (bicyclic) bond motifs is 1. The van der Waals surface area contributed by atoms with E-state index in [1.165, 1.54) is 40.7 Å². The summed E-state index contributed by atoms with van der Waals surface area (Å²) in [5.41, 5.74) is 5.26. The lowest BCUT2D eigenvalue weighted by molar-refractivity contribution is 0.101. The third kappa shape index (κ3) is 5.99. The number of aromatic nitrogens is 2. The van der Waals surface area contributed by atoms with Gasteiger partial charge in [-0.1, -0.05) is 12.1 Å². The molecule has 0 amide bonds. The van der Waals surface area contributed by atoms with E-state index < -0.39 is 22.3 Å². The molecule has 4 N–H and O–H groups in total. The SMILES string of the molecule is Cc1ccc2c(c1)N(Cc1csc(C(=O)c3cncnc3N[C@@H]3C[C@H](COS(N)(=O)=O)[C@@H](O)C3)c1)CC2. The first-order valence-electron chi connectivity index (χ1n) is 12.0. The number of thiophene rings is 1. The average molecular weight is 544 g/mol. The van der Waals surface area contributed by atoms with E-state index in [0.717, 1.165) is 25.1 Å². The van der Waals surface area contributed by atoms with Crippen molar-refractivity contribution in [2.24, 2.45) is 11.1 Å². The van der Waals surface area contributed by atoms with Gasteiger partial charge in [-0.05, 0) is 60.4 Å². The third-order valence-corrected chi connectivity index (χ3v) is 8.33. The molecule has 1 aromatic carbocycles. The van der Waals surface area contributed by atoms with Crippen molar-refractivity contribution in [1.82, 2.24) is 9.97 Å². The van der Waals surface area contributed by atoms with Crippen LogP contribution in [0.15, 0.2) is 42.2 Å². The van der Waals surface area contributed by atoms with E-state index in [1.807, 2.05) is 11.4 Å². The van der Waals surface area contributed by atoms with Crippen LogP contribution in [0.4, 0.5) is 11.5 Å². The van der Waals surface area contributed by atoms with Crippen LogP contribution in [-0.2, 0) is 27.5 Å². The quantitative estimate of drug-likeness (QED) is 0.346. The van der Waals surface area contributed by atoms with Crippen LogP contribution in [-0.4, -0.2) is 54.6 Å². The lowest BCUT2D eigenvalue weighted by Gasteiger charge is -2.19. The maximum absolute atomic E-state index is 13.4. The Labute approximate surface area is 219 Å². The minimum absolute atomic E-state index is 0.176. The number of anilines is 2. The summed E-state index contributed by atoms with van der Waals surface area (Å²) < 4.78 is 26.8. The first-order valence-corrected chi connectivity index (χ1v) is 14.4. The largest absolute Gasteiger partial charge is 0.393 e. The van der Waals surface area contributed by atoms with Crippen LogP contribution < -0.4 is 15.4 Å². The van der Waals surface area contributed by atoms with Crippen molar-refractivity contribution in [2.75, 3.05) is 23.4 Å². The predicted molar refractivity (Wildman–Crippen MR) is 141 cm³/mol. The molecule has 10 nitrogen and oxygen atoms in total. The molecule has 1 saturated carbocycles. The maximum Gasteiger partial charge on any atom is 0.333 e. The van der Waals surface area contributed by atoms with Gasteiger partial charge in [-0.15, -0.1) is 11.3 Å². The summed E-state index contributed by atoms with van der Waals surface area (Å²) in [7, 11) is -4.08. The first kappa shape index (κ1) is 25.7. The first-order chi connectivity index (χ1) is 17.7. The second-order valence-corrected chi connectivity index (χ2v) is 11.8. The van der Waals surface area contributed by atoms with E-state index in [4.69, 9.17) is 5.14 Å². The molecule has 3 aromatic rings. The number of aryl methyl sites for hydroxylation is 1. The van der Waals surface area contributed by atoms with Crippen molar-refractivity contribution in [2.45, 2.75) is 44.9 Å². The number of carbonyl (C=O) groups is 1. The molecule has 0 bridgehead atoms. The number of ketones is 1. The molecular weight excluding hydrogens is 514 g/mol. The van der Waals surface area contributed by atoms with Crippen molar-refractivity contribution < 1.29 is 22.5 Å². The van der Waals surface area contributed by atoms with Gasteiger partial charge in [-0.2, -0.15) is 8.42 Å². The molecule has 0 saturated heterocycles. The highest BCUT2D eigenvalue weighted by atomic mass is 32.2. The second kappa shape index (κ2) is 10.5. The predicted octanol–water partition coefficient (Wildman–Crippen LogP) is 2.41. The molecule has 5 rings (SSSR count). The number of rotatable bonds is 9. The summed E-state index contributed by atoms with van der Waals surface area (Å²) in [5.74, 6) is -0.204. The Bertz CT molecular complexity index is 1410. The lowest BCUT2D eigenvalue weighted by atomic mass is 10.1. The fourth-order valence-corrected chi connectivity index (χ4v) is 6.26. The van der Waals surface area contributed by atoms with E-state index in [1.54, 1.807) is 0 Å². The summed E-state index contributed by atoms with van der Waals surface area (Å²) in [6.07, 6.45) is 3.90. The molecule has 12 heteroatoms. The van der Waals surface area contributed by atoms with Gasteiger partial charge in [-0.25, -0.2) is 15.1 Å². The van der Waals surface area contributed by atoms with Crippen LogP contribution in [0.2, 0.25) is 0 Å². The summed E-state index contributed by atoms with van der Waals surface area (Å²) in [6, 6.07) is 8.25. The van der Waals surface area contributed by atoms with Crippen LogP contribution in [0.5, 0.6) is 0 Å². The van der Waals surface area contributed by atoms with Crippen molar-refractivity contribution in [3.63, 3.8) is 0 Å². The highest BCUT2D eigenvalue weighted by molar-refractivity contribution is 7.84. The van der Waals surface area contributed by atoms with Crippen LogP contribution in [0.3, 0.4) is 0 Å². The Morgan fingerprint density at radius 2 is 2.16 bits per heavy atom. The standard InChI is InChI=1S/C25H29N5O5S2/c1-15-2-3-17-4-5-30(21(17)6-15)11-16-7-23(36-13-16)24(32)20-10-27-14-28-25(20)29-19-8-18(22(31)9-19)12-35-37(26,33)34/h2-3,6-7,10,13-14,18-19,22,31H,4-5,8-9,11-12H2,1H3,(H2,26,33,34)(H,27,28,29)/t18-,19-,22+/m1/s1. The molecule has 1 aliphatic heterocycles. The van der Waals surface area contributed by atoms with E-state index >= 15 is 0 Å². The molecule has 3 heterocycles. The van der Waals surface area contributed by atoms with Crippen molar-refractivity contribution in [1.29, 1.82) is 0 Å². The number of benzene rings is 1. The molecular formula is C25H29N5O5S2. The van der Waals surface area contributed by atoms with Gasteiger partial charge in [0.25, 0.3) is 0 Å². The Morgan fingerprint density at radius 1 is 1.32 bits per heavy atom. The van der Waals surface area contributed by atoms with Gasteiger partial charge in [0.1, 0.15) is 12.1 Å². The fourth-order valence-electron chi connectivity index (χ4n) is 5.04. The number of carbonyl (C=O) groups excluding carboxylic acids is 1. The summed E-state index contributed by atoms with van der Waals surface area (Å²) in [6.45, 7) is 3.58. The fraction of sp³-hybridized carbons (Fsp3) is 0.400. The second-order valence-electron chi connectivity index (χ2n) is 9.65. The monoisotopic (exact) mass is 543 g/mol. The minimum Gasteiger partial charge on any atom is -0.393 e. The summed E-state index contributed by atoms with van der Waals surface area (Å²) in [5, 5.41) is 20.5. The Morgan fingerprint density at radius 3 is 2.97 bits per heavy atom. The number of hydrogen-bond donors (Lipinski definition) is 3. The molecule has 1 aliphatic carbocycles. The number of nitrogens with two attached hydrogens (primary N) is 1. The van der Waals surface area contributed by atoms with Crippen molar-refractivity contribution >= 4 is 38.9 Å². The van der Waals surface area contributed by atoms with Gasteiger partial charge in [0.2, 0.25) is 5.78 Å². The average Bonchev–Trinajstić information content (AvgIpc) is 3.57.